The highest BCUT2D eigenvalue weighted by atomic mass is 32.1. The van der Waals surface area contributed by atoms with E-state index in [0.29, 0.717) is 23.1 Å². The lowest BCUT2D eigenvalue weighted by atomic mass is 10.2. The highest BCUT2D eigenvalue weighted by Crippen LogP contribution is 2.19. The van der Waals surface area contributed by atoms with Gasteiger partial charge in [-0.2, -0.15) is 0 Å². The van der Waals surface area contributed by atoms with E-state index in [1.165, 1.54) is 11.3 Å². The second-order valence-corrected chi connectivity index (χ2v) is 5.80. The monoisotopic (exact) mass is 348 g/mol. The molecule has 0 radical (unpaired) electrons. The first-order chi connectivity index (χ1) is 11.6. The van der Waals surface area contributed by atoms with Crippen LogP contribution in [-0.2, 0) is 4.74 Å². The van der Waals surface area contributed by atoms with E-state index in [1.807, 2.05) is 6.07 Å². The number of hydrogen-bond acceptors (Lipinski definition) is 6. The average Bonchev–Trinajstić information content (AvgIpc) is 3.04. The molecular formula is C17H20N2O4S. The second-order valence-electron chi connectivity index (χ2n) is 4.94. The number of nitrogens with zero attached hydrogens (tertiary/aromatic N) is 1. The van der Waals surface area contributed by atoms with Crippen molar-refractivity contribution >= 4 is 28.3 Å². The van der Waals surface area contributed by atoms with Crippen LogP contribution in [0.3, 0.4) is 0 Å². The summed E-state index contributed by atoms with van der Waals surface area (Å²) in [5.74, 6) is -0.149. The van der Waals surface area contributed by atoms with Crippen LogP contribution in [0.15, 0.2) is 29.6 Å². The molecule has 1 amide bonds. The molecule has 0 bridgehead atoms. The molecule has 2 rings (SSSR count). The molecule has 1 aromatic carbocycles. The van der Waals surface area contributed by atoms with E-state index in [-0.39, 0.29) is 18.2 Å². The largest absolute Gasteiger partial charge is 0.494 e. The predicted octanol–water partition coefficient (Wildman–Crippen LogP) is 3.75. The molecule has 6 nitrogen and oxygen atoms in total. The van der Waals surface area contributed by atoms with Crippen LogP contribution in [-0.4, -0.2) is 30.1 Å². The molecule has 128 valence electrons. The quantitative estimate of drug-likeness (QED) is 0.581. The summed E-state index contributed by atoms with van der Waals surface area (Å²) in [4.78, 5) is 27.9. The van der Waals surface area contributed by atoms with Gasteiger partial charge in [0.15, 0.2) is 10.8 Å². The van der Waals surface area contributed by atoms with Crippen LogP contribution in [0.4, 0.5) is 5.13 Å². The fourth-order valence-electron chi connectivity index (χ4n) is 1.86. The van der Waals surface area contributed by atoms with Crippen molar-refractivity contribution in [1.29, 1.82) is 0 Å². The molecule has 0 aliphatic carbocycles. The van der Waals surface area contributed by atoms with E-state index in [2.05, 4.69) is 17.2 Å². The Morgan fingerprint density at radius 3 is 2.88 bits per heavy atom. The Hall–Kier alpha value is -2.41. The number of thiazole rings is 1. The molecule has 1 heterocycles. The van der Waals surface area contributed by atoms with Crippen molar-refractivity contribution in [2.45, 2.75) is 26.7 Å². The number of unbranched alkanes of at least 4 members (excludes halogenated alkanes) is 1. The van der Waals surface area contributed by atoms with E-state index >= 15 is 0 Å². The highest BCUT2D eigenvalue weighted by molar-refractivity contribution is 7.14. The van der Waals surface area contributed by atoms with Gasteiger partial charge in [-0.25, -0.2) is 9.78 Å². The van der Waals surface area contributed by atoms with Gasteiger partial charge in [0.1, 0.15) is 5.75 Å². The van der Waals surface area contributed by atoms with Crippen molar-refractivity contribution in [3.05, 3.63) is 40.9 Å². The maximum atomic E-state index is 12.3. The molecule has 0 aliphatic heterocycles. The molecule has 2 aromatic rings. The van der Waals surface area contributed by atoms with Crippen LogP contribution < -0.4 is 10.1 Å². The number of aromatic nitrogens is 1. The number of carbonyl (C=O) groups is 2. The summed E-state index contributed by atoms with van der Waals surface area (Å²) in [6.07, 6.45) is 2.01. The van der Waals surface area contributed by atoms with Crippen LogP contribution in [0.5, 0.6) is 5.75 Å². The first kappa shape index (κ1) is 17.9. The number of nitrogens with one attached hydrogen (secondary N) is 1. The molecular weight excluding hydrogens is 328 g/mol. The summed E-state index contributed by atoms with van der Waals surface area (Å²) in [7, 11) is 0. The van der Waals surface area contributed by atoms with Gasteiger partial charge in [-0.05, 0) is 31.5 Å². The van der Waals surface area contributed by atoms with Crippen molar-refractivity contribution in [1.82, 2.24) is 4.98 Å². The molecule has 0 unspecified atom stereocenters. The zero-order valence-corrected chi connectivity index (χ0v) is 14.5. The molecule has 1 N–H and O–H groups in total. The Bertz CT molecular complexity index is 699. The third kappa shape index (κ3) is 5.06. The van der Waals surface area contributed by atoms with Gasteiger partial charge in [0.05, 0.1) is 13.2 Å². The summed E-state index contributed by atoms with van der Waals surface area (Å²) < 4.78 is 10.5. The van der Waals surface area contributed by atoms with Gasteiger partial charge in [0.25, 0.3) is 5.91 Å². The van der Waals surface area contributed by atoms with E-state index in [4.69, 9.17) is 9.47 Å². The fourth-order valence-corrected chi connectivity index (χ4v) is 2.54. The number of hydrogen-bond donors (Lipinski definition) is 1. The highest BCUT2D eigenvalue weighted by Gasteiger charge is 2.14. The molecule has 24 heavy (non-hydrogen) atoms. The second kappa shape index (κ2) is 9.02. The van der Waals surface area contributed by atoms with Crippen molar-refractivity contribution in [3.8, 4) is 5.75 Å². The molecule has 7 heteroatoms. The zero-order chi connectivity index (χ0) is 17.4. The third-order valence-corrected chi connectivity index (χ3v) is 3.83. The van der Waals surface area contributed by atoms with Crippen LogP contribution in [0.2, 0.25) is 0 Å². The van der Waals surface area contributed by atoms with Crippen molar-refractivity contribution in [2.24, 2.45) is 0 Å². The topological polar surface area (TPSA) is 77.5 Å². The van der Waals surface area contributed by atoms with Gasteiger partial charge < -0.3 is 9.47 Å². The molecule has 0 saturated heterocycles. The number of esters is 1. The minimum atomic E-state index is -0.499. The molecule has 0 atom stereocenters. The van der Waals surface area contributed by atoms with E-state index in [9.17, 15) is 9.59 Å². The summed E-state index contributed by atoms with van der Waals surface area (Å²) in [5, 5.41) is 4.58. The van der Waals surface area contributed by atoms with Crippen LogP contribution in [0, 0.1) is 0 Å². The lowest BCUT2D eigenvalue weighted by Crippen LogP contribution is -2.12. The molecule has 0 aliphatic rings. The fraction of sp³-hybridized carbons (Fsp3) is 0.353. The Balaban J connectivity index is 1.99. The lowest BCUT2D eigenvalue weighted by molar-refractivity contribution is 0.0520. The van der Waals surface area contributed by atoms with Gasteiger partial charge in [0, 0.05) is 10.9 Å². The SMILES string of the molecule is CCCCOc1cccc(C(=O)Nc2nc(C(=O)OCC)cs2)c1. The van der Waals surface area contributed by atoms with Gasteiger partial charge in [-0.15, -0.1) is 11.3 Å². The first-order valence-corrected chi connectivity index (χ1v) is 8.68. The summed E-state index contributed by atoms with van der Waals surface area (Å²) in [6, 6.07) is 6.96. The maximum Gasteiger partial charge on any atom is 0.357 e. The Kier molecular flexibility index (Phi) is 6.74. The Morgan fingerprint density at radius 1 is 1.29 bits per heavy atom. The third-order valence-electron chi connectivity index (χ3n) is 3.07. The first-order valence-electron chi connectivity index (χ1n) is 7.81. The Labute approximate surface area is 144 Å². The van der Waals surface area contributed by atoms with Gasteiger partial charge in [0.2, 0.25) is 0 Å². The summed E-state index contributed by atoms with van der Waals surface area (Å²) in [5.41, 5.74) is 0.658. The Morgan fingerprint density at radius 2 is 2.12 bits per heavy atom. The van der Waals surface area contributed by atoms with E-state index < -0.39 is 5.97 Å². The van der Waals surface area contributed by atoms with Crippen LogP contribution >= 0.6 is 11.3 Å². The van der Waals surface area contributed by atoms with E-state index in [0.717, 1.165) is 12.8 Å². The van der Waals surface area contributed by atoms with Gasteiger partial charge in [-0.3, -0.25) is 10.1 Å². The number of benzene rings is 1. The lowest BCUT2D eigenvalue weighted by Gasteiger charge is -2.07. The minimum Gasteiger partial charge on any atom is -0.494 e. The normalized spacial score (nSPS) is 10.2. The molecule has 0 spiro atoms. The summed E-state index contributed by atoms with van der Waals surface area (Å²) >= 11 is 1.17. The average molecular weight is 348 g/mol. The number of amides is 1. The standard InChI is InChI=1S/C17H20N2O4S/c1-3-5-9-23-13-8-6-7-12(10-13)15(20)19-17-18-14(11-24-17)16(21)22-4-2/h6-8,10-11H,3-5,9H2,1-2H3,(H,18,19,20). The maximum absolute atomic E-state index is 12.3. The molecule has 1 aromatic heterocycles. The van der Waals surface area contributed by atoms with Crippen LogP contribution in [0.1, 0.15) is 47.5 Å². The molecule has 0 saturated carbocycles. The van der Waals surface area contributed by atoms with Crippen molar-refractivity contribution < 1.29 is 19.1 Å². The molecule has 0 fully saturated rings. The number of ether oxygens (including phenoxy) is 2. The number of carbonyl (C=O) groups excluding carboxylic acids is 2. The minimum absolute atomic E-state index is 0.189. The van der Waals surface area contributed by atoms with Gasteiger partial charge >= 0.3 is 5.97 Å². The van der Waals surface area contributed by atoms with Crippen LogP contribution in [0.25, 0.3) is 0 Å². The van der Waals surface area contributed by atoms with E-state index in [1.54, 1.807) is 30.5 Å². The smallest absolute Gasteiger partial charge is 0.357 e. The summed E-state index contributed by atoms with van der Waals surface area (Å²) in [6.45, 7) is 4.72. The number of anilines is 1. The predicted molar refractivity (Wildman–Crippen MR) is 92.9 cm³/mol. The zero-order valence-electron chi connectivity index (χ0n) is 13.7. The van der Waals surface area contributed by atoms with Crippen molar-refractivity contribution in [2.75, 3.05) is 18.5 Å². The van der Waals surface area contributed by atoms with Crippen molar-refractivity contribution in [3.63, 3.8) is 0 Å². The number of rotatable bonds is 8. The van der Waals surface area contributed by atoms with Gasteiger partial charge in [-0.1, -0.05) is 19.4 Å².